The number of anilines is 2. The Bertz CT molecular complexity index is 785. The van der Waals surface area contributed by atoms with E-state index in [0.29, 0.717) is 24.0 Å². The second-order valence-electron chi connectivity index (χ2n) is 6.86. The first-order valence-electron chi connectivity index (χ1n) is 9.72. The molecule has 1 amide bonds. The fraction of sp³-hybridized carbons (Fsp3) is 0.500. The normalized spacial score (nSPS) is 14.8. The van der Waals surface area contributed by atoms with Crippen molar-refractivity contribution in [2.24, 2.45) is 5.92 Å². The van der Waals surface area contributed by atoms with Crippen LogP contribution in [0.15, 0.2) is 24.3 Å². The van der Waals surface area contributed by atoms with Crippen molar-refractivity contribution >= 4 is 17.8 Å². The largest absolute Gasteiger partial charge is 0.357 e. The van der Waals surface area contributed by atoms with Crippen molar-refractivity contribution in [1.82, 2.24) is 20.3 Å². The number of aromatic nitrogens is 3. The van der Waals surface area contributed by atoms with E-state index in [1.807, 2.05) is 19.1 Å². The first kappa shape index (κ1) is 20.0. The molecule has 3 rings (SSSR count). The molecule has 0 unspecified atom stereocenters. The molecule has 2 aromatic rings. The summed E-state index contributed by atoms with van der Waals surface area (Å²) in [4.78, 5) is 27.9. The molecule has 1 aromatic heterocycles. The standard InChI is InChI=1S/C20H27FN6O/c1-3-17-24-19(22-2)26-20(25-17)27-10-8-14(9-11-27)18(28)23-13-16-7-5-4-6-15(16)12-21/h4-7,14H,3,8-13H2,1-2H3,(H,23,28)(H,22,24,25,26). The van der Waals surface area contributed by atoms with Gasteiger partial charge in [-0.2, -0.15) is 15.0 Å². The predicted molar refractivity (Wildman–Crippen MR) is 107 cm³/mol. The predicted octanol–water partition coefficient (Wildman–Crippen LogP) is 2.48. The Morgan fingerprint density at radius 2 is 1.89 bits per heavy atom. The van der Waals surface area contributed by atoms with Crippen molar-refractivity contribution in [2.45, 2.75) is 39.4 Å². The average molecular weight is 386 g/mol. The smallest absolute Gasteiger partial charge is 0.230 e. The number of rotatable bonds is 7. The van der Waals surface area contributed by atoms with Crippen LogP contribution in [0.3, 0.4) is 0 Å². The number of amides is 1. The van der Waals surface area contributed by atoms with Gasteiger partial charge in [0.2, 0.25) is 17.8 Å². The maximum atomic E-state index is 13.0. The van der Waals surface area contributed by atoms with Crippen molar-refractivity contribution in [3.8, 4) is 0 Å². The number of hydrogen-bond acceptors (Lipinski definition) is 6. The molecule has 0 saturated carbocycles. The molecular weight excluding hydrogens is 359 g/mol. The number of carbonyl (C=O) groups is 1. The summed E-state index contributed by atoms with van der Waals surface area (Å²) in [7, 11) is 1.79. The highest BCUT2D eigenvalue weighted by Gasteiger charge is 2.26. The third-order valence-electron chi connectivity index (χ3n) is 5.07. The van der Waals surface area contributed by atoms with Gasteiger partial charge in [-0.3, -0.25) is 4.79 Å². The van der Waals surface area contributed by atoms with Crippen LogP contribution >= 0.6 is 0 Å². The van der Waals surface area contributed by atoms with Crippen LogP contribution in [0, 0.1) is 5.92 Å². The summed E-state index contributed by atoms with van der Waals surface area (Å²) in [6, 6.07) is 7.26. The van der Waals surface area contributed by atoms with Crippen LogP contribution in [-0.4, -0.2) is 41.0 Å². The fourth-order valence-electron chi connectivity index (χ4n) is 3.35. The fourth-order valence-corrected chi connectivity index (χ4v) is 3.35. The topological polar surface area (TPSA) is 83.0 Å². The minimum atomic E-state index is -0.523. The van der Waals surface area contributed by atoms with Crippen LogP contribution in [0.2, 0.25) is 0 Å². The Hall–Kier alpha value is -2.77. The molecule has 0 aliphatic carbocycles. The Labute approximate surface area is 164 Å². The minimum Gasteiger partial charge on any atom is -0.357 e. The van der Waals surface area contributed by atoms with E-state index in [1.54, 1.807) is 19.2 Å². The highest BCUT2D eigenvalue weighted by molar-refractivity contribution is 5.79. The van der Waals surface area contributed by atoms with Crippen molar-refractivity contribution in [1.29, 1.82) is 0 Å². The van der Waals surface area contributed by atoms with Gasteiger partial charge in [0.1, 0.15) is 12.5 Å². The van der Waals surface area contributed by atoms with E-state index in [1.165, 1.54) is 0 Å². The minimum absolute atomic E-state index is 0.0223. The second-order valence-corrected chi connectivity index (χ2v) is 6.86. The van der Waals surface area contributed by atoms with Gasteiger partial charge in [0, 0.05) is 39.0 Å². The van der Waals surface area contributed by atoms with E-state index < -0.39 is 6.67 Å². The number of nitrogens with zero attached hydrogens (tertiary/aromatic N) is 4. The number of piperidine rings is 1. The van der Waals surface area contributed by atoms with Crippen LogP contribution in [0.1, 0.15) is 36.7 Å². The monoisotopic (exact) mass is 386 g/mol. The summed E-state index contributed by atoms with van der Waals surface area (Å²) < 4.78 is 13.0. The average Bonchev–Trinajstić information content (AvgIpc) is 2.77. The summed E-state index contributed by atoms with van der Waals surface area (Å²) in [5, 5.41) is 5.93. The SMILES string of the molecule is CCc1nc(NC)nc(N2CCC(C(=O)NCc3ccccc3CF)CC2)n1. The van der Waals surface area contributed by atoms with E-state index in [-0.39, 0.29) is 11.8 Å². The highest BCUT2D eigenvalue weighted by atomic mass is 19.1. The van der Waals surface area contributed by atoms with Gasteiger partial charge in [-0.05, 0) is 24.0 Å². The summed E-state index contributed by atoms with van der Waals surface area (Å²) in [5.41, 5.74) is 1.45. The molecule has 0 spiro atoms. The molecule has 1 aromatic carbocycles. The zero-order valence-electron chi connectivity index (χ0n) is 16.4. The van der Waals surface area contributed by atoms with Gasteiger partial charge in [0.05, 0.1) is 0 Å². The Kier molecular flexibility index (Phi) is 6.73. The van der Waals surface area contributed by atoms with Crippen LogP contribution in [0.4, 0.5) is 16.3 Å². The molecular formula is C20H27FN6O. The van der Waals surface area contributed by atoms with Gasteiger partial charge >= 0.3 is 0 Å². The van der Waals surface area contributed by atoms with E-state index in [0.717, 1.165) is 43.7 Å². The van der Waals surface area contributed by atoms with Gasteiger partial charge < -0.3 is 15.5 Å². The number of nitrogens with one attached hydrogen (secondary N) is 2. The van der Waals surface area contributed by atoms with Crippen molar-refractivity contribution in [3.63, 3.8) is 0 Å². The summed E-state index contributed by atoms with van der Waals surface area (Å²) >= 11 is 0. The van der Waals surface area contributed by atoms with E-state index >= 15 is 0 Å². The van der Waals surface area contributed by atoms with Gasteiger partial charge in [-0.1, -0.05) is 31.2 Å². The zero-order chi connectivity index (χ0) is 19.9. The molecule has 8 heteroatoms. The zero-order valence-corrected chi connectivity index (χ0v) is 16.4. The molecule has 7 nitrogen and oxygen atoms in total. The second kappa shape index (κ2) is 9.43. The van der Waals surface area contributed by atoms with Crippen LogP contribution < -0.4 is 15.5 Å². The van der Waals surface area contributed by atoms with E-state index in [9.17, 15) is 9.18 Å². The van der Waals surface area contributed by atoms with E-state index in [4.69, 9.17) is 0 Å². The Balaban J connectivity index is 1.55. The molecule has 2 heterocycles. The molecule has 2 N–H and O–H groups in total. The third-order valence-corrected chi connectivity index (χ3v) is 5.07. The van der Waals surface area contributed by atoms with Crippen molar-refractivity contribution < 1.29 is 9.18 Å². The Morgan fingerprint density at radius 1 is 1.18 bits per heavy atom. The van der Waals surface area contributed by atoms with Crippen LogP contribution in [-0.2, 0) is 24.4 Å². The number of benzene rings is 1. The first-order valence-corrected chi connectivity index (χ1v) is 9.72. The lowest BCUT2D eigenvalue weighted by Crippen LogP contribution is -2.41. The molecule has 1 aliphatic rings. The number of aryl methyl sites for hydroxylation is 1. The Morgan fingerprint density at radius 3 is 2.54 bits per heavy atom. The van der Waals surface area contributed by atoms with Crippen LogP contribution in [0.5, 0.6) is 0 Å². The van der Waals surface area contributed by atoms with Crippen molar-refractivity contribution in [3.05, 3.63) is 41.2 Å². The molecule has 150 valence electrons. The first-order chi connectivity index (χ1) is 13.6. The lowest BCUT2D eigenvalue weighted by molar-refractivity contribution is -0.125. The molecule has 28 heavy (non-hydrogen) atoms. The highest BCUT2D eigenvalue weighted by Crippen LogP contribution is 2.22. The number of carbonyl (C=O) groups excluding carboxylic acids is 1. The number of alkyl halides is 1. The summed E-state index contributed by atoms with van der Waals surface area (Å²) in [5.74, 6) is 1.94. The maximum absolute atomic E-state index is 13.0. The number of hydrogen-bond donors (Lipinski definition) is 2. The molecule has 0 radical (unpaired) electrons. The van der Waals surface area contributed by atoms with Crippen LogP contribution in [0.25, 0.3) is 0 Å². The molecule has 0 atom stereocenters. The van der Waals surface area contributed by atoms with Gasteiger partial charge in [0.15, 0.2) is 0 Å². The third kappa shape index (κ3) is 4.74. The molecule has 1 saturated heterocycles. The molecule has 0 bridgehead atoms. The molecule has 1 fully saturated rings. The maximum Gasteiger partial charge on any atom is 0.230 e. The molecule has 1 aliphatic heterocycles. The van der Waals surface area contributed by atoms with Gasteiger partial charge in [0.25, 0.3) is 0 Å². The van der Waals surface area contributed by atoms with E-state index in [2.05, 4.69) is 30.5 Å². The lowest BCUT2D eigenvalue weighted by atomic mass is 9.96. The summed E-state index contributed by atoms with van der Waals surface area (Å²) in [6.07, 6.45) is 2.21. The summed E-state index contributed by atoms with van der Waals surface area (Å²) in [6.45, 7) is 3.28. The lowest BCUT2D eigenvalue weighted by Gasteiger charge is -2.31. The van der Waals surface area contributed by atoms with Crippen molar-refractivity contribution in [2.75, 3.05) is 30.4 Å². The quantitative estimate of drug-likeness (QED) is 0.761. The van der Waals surface area contributed by atoms with Gasteiger partial charge in [-0.15, -0.1) is 0 Å². The van der Waals surface area contributed by atoms with Gasteiger partial charge in [-0.25, -0.2) is 4.39 Å². The number of halogens is 1.